The summed E-state index contributed by atoms with van der Waals surface area (Å²) in [6.07, 6.45) is -12.0. The first kappa shape index (κ1) is 17.8. The van der Waals surface area contributed by atoms with E-state index in [-0.39, 0.29) is 6.21 Å². The second-order valence-electron chi connectivity index (χ2n) is 3.99. The van der Waals surface area contributed by atoms with Crippen LogP contribution in [0, 0.1) is 0 Å². The van der Waals surface area contributed by atoms with E-state index in [1.807, 2.05) is 0 Å². The van der Waals surface area contributed by atoms with Crippen molar-refractivity contribution in [2.24, 2.45) is 5.16 Å². The molecule has 22 heavy (non-hydrogen) atoms. The molecule has 1 aromatic carbocycles. The third kappa shape index (κ3) is 3.13. The summed E-state index contributed by atoms with van der Waals surface area (Å²) in [6, 6.07) is 2.96. The number of aliphatic hydroxyl groups is 1. The van der Waals surface area contributed by atoms with Gasteiger partial charge in [0, 0.05) is 11.3 Å². The van der Waals surface area contributed by atoms with Crippen molar-refractivity contribution in [1.29, 1.82) is 0 Å². The predicted octanol–water partition coefficient (Wildman–Crippen LogP) is 2.40. The average Bonchev–Trinajstić information content (AvgIpc) is 2.36. The number of halogens is 6. The van der Waals surface area contributed by atoms with Crippen molar-refractivity contribution in [2.45, 2.75) is 18.0 Å². The molecule has 0 aliphatic rings. The van der Waals surface area contributed by atoms with Gasteiger partial charge in [0.2, 0.25) is 0 Å². The Bertz CT molecular complexity index is 568. The topological polar surface area (TPSA) is 81.9 Å². The van der Waals surface area contributed by atoms with Crippen LogP contribution in [0.3, 0.4) is 0 Å². The fourth-order valence-electron chi connectivity index (χ4n) is 1.59. The van der Waals surface area contributed by atoms with Crippen LogP contribution in [-0.2, 0) is 10.4 Å². The Kier molecular flexibility index (Phi) is 4.70. The molecule has 0 heterocycles. The first-order valence-electron chi connectivity index (χ1n) is 5.39. The van der Waals surface area contributed by atoms with E-state index in [1.165, 1.54) is 0 Å². The Labute approximate surface area is 118 Å². The quantitative estimate of drug-likeness (QED) is 0.344. The molecule has 0 spiro atoms. The molecule has 1 aromatic rings. The van der Waals surface area contributed by atoms with Crippen molar-refractivity contribution in [1.82, 2.24) is 0 Å². The summed E-state index contributed by atoms with van der Waals surface area (Å²) >= 11 is 0. The number of amides is 1. The van der Waals surface area contributed by atoms with Crippen molar-refractivity contribution in [3.8, 4) is 0 Å². The van der Waals surface area contributed by atoms with Gasteiger partial charge in [-0.1, -0.05) is 23.4 Å². The fourth-order valence-corrected chi connectivity index (χ4v) is 1.59. The molecule has 5 nitrogen and oxygen atoms in total. The molecule has 0 unspecified atom stereocenters. The smallest absolute Gasteiger partial charge is 0.411 e. The first-order valence-corrected chi connectivity index (χ1v) is 5.39. The number of nitrogens with one attached hydrogen (secondary N) is 1. The summed E-state index contributed by atoms with van der Waals surface area (Å²) in [7, 11) is 0. The van der Waals surface area contributed by atoms with Gasteiger partial charge in [0.1, 0.15) is 6.21 Å². The van der Waals surface area contributed by atoms with E-state index >= 15 is 0 Å². The molecule has 0 aliphatic carbocycles. The summed E-state index contributed by atoms with van der Waals surface area (Å²) < 4.78 is 76.8. The SMILES string of the molecule is O=C(/C=N\O)Nc1ccccc1C(O)(C(F)(F)F)C(F)(F)F. The standard InChI is InChI=1S/C11H8F6N2O3/c12-10(13,14)9(21,11(15,16)17)6-3-1-2-4-7(6)19-8(20)5-18-22/h1-5,21-22H,(H,19,20)/b18-5-. The molecule has 1 rings (SSSR count). The minimum absolute atomic E-state index is 0.219. The number of rotatable bonds is 3. The van der Waals surface area contributed by atoms with Crippen molar-refractivity contribution in [3.63, 3.8) is 0 Å². The lowest BCUT2D eigenvalue weighted by atomic mass is 9.90. The normalized spacial score (nSPS) is 13.4. The lowest BCUT2D eigenvalue weighted by Crippen LogP contribution is -2.54. The van der Waals surface area contributed by atoms with Gasteiger partial charge in [0.15, 0.2) is 0 Å². The largest absolute Gasteiger partial charge is 0.430 e. The fraction of sp³-hybridized carbons (Fsp3) is 0.273. The highest BCUT2D eigenvalue weighted by atomic mass is 19.4. The third-order valence-electron chi connectivity index (χ3n) is 2.57. The Balaban J connectivity index is 3.49. The lowest BCUT2D eigenvalue weighted by Gasteiger charge is -2.33. The van der Waals surface area contributed by atoms with Crippen molar-refractivity contribution in [2.75, 3.05) is 5.32 Å². The highest BCUT2D eigenvalue weighted by Gasteiger charge is 2.72. The van der Waals surface area contributed by atoms with Crippen LogP contribution in [0.5, 0.6) is 0 Å². The molecule has 0 bridgehead atoms. The van der Waals surface area contributed by atoms with E-state index in [0.29, 0.717) is 6.07 Å². The molecule has 0 aromatic heterocycles. The van der Waals surface area contributed by atoms with E-state index < -0.39 is 35.1 Å². The van der Waals surface area contributed by atoms with Crippen LogP contribution in [0.15, 0.2) is 29.4 Å². The Morgan fingerprint density at radius 3 is 2.05 bits per heavy atom. The second kappa shape index (κ2) is 5.83. The second-order valence-corrected chi connectivity index (χ2v) is 3.99. The molecule has 11 heteroatoms. The van der Waals surface area contributed by atoms with E-state index in [0.717, 1.165) is 18.2 Å². The van der Waals surface area contributed by atoms with Crippen LogP contribution in [-0.4, -0.2) is 34.8 Å². The molecular formula is C11H8F6N2O3. The predicted molar refractivity (Wildman–Crippen MR) is 61.4 cm³/mol. The van der Waals surface area contributed by atoms with Crippen molar-refractivity contribution in [3.05, 3.63) is 29.8 Å². The molecule has 0 atom stereocenters. The molecule has 0 saturated heterocycles. The van der Waals surface area contributed by atoms with Crippen molar-refractivity contribution < 1.29 is 41.5 Å². The summed E-state index contributed by atoms with van der Waals surface area (Å²) in [5.74, 6) is -1.29. The maximum absolute atomic E-state index is 12.8. The number of alkyl halides is 6. The molecule has 1 amide bonds. The van der Waals surface area contributed by atoms with Crippen LogP contribution in [0.2, 0.25) is 0 Å². The Morgan fingerprint density at radius 2 is 1.59 bits per heavy atom. The molecule has 122 valence electrons. The van der Waals surface area contributed by atoms with Gasteiger partial charge in [-0.3, -0.25) is 4.79 Å². The van der Waals surface area contributed by atoms with Crippen molar-refractivity contribution >= 4 is 17.8 Å². The zero-order chi connectivity index (χ0) is 17.2. The van der Waals surface area contributed by atoms with Gasteiger partial charge in [0.05, 0.1) is 0 Å². The van der Waals surface area contributed by atoms with Gasteiger partial charge < -0.3 is 15.6 Å². The number of hydrogen-bond donors (Lipinski definition) is 3. The van der Waals surface area contributed by atoms with Crippen LogP contribution in [0.4, 0.5) is 32.0 Å². The molecule has 0 saturated carbocycles. The van der Waals surface area contributed by atoms with Gasteiger partial charge in [-0.25, -0.2) is 0 Å². The maximum Gasteiger partial charge on any atom is 0.430 e. The van der Waals surface area contributed by atoms with E-state index in [1.54, 1.807) is 5.32 Å². The van der Waals surface area contributed by atoms with E-state index in [2.05, 4.69) is 5.16 Å². The number of nitrogens with zero attached hydrogens (tertiary/aromatic N) is 1. The van der Waals surface area contributed by atoms with Crippen LogP contribution in [0.1, 0.15) is 5.56 Å². The minimum atomic E-state index is -6.09. The van der Waals surface area contributed by atoms with E-state index in [4.69, 9.17) is 5.21 Å². The monoisotopic (exact) mass is 330 g/mol. The molecule has 0 radical (unpaired) electrons. The first-order chi connectivity index (χ1) is 9.95. The lowest BCUT2D eigenvalue weighted by molar-refractivity contribution is -0.376. The zero-order valence-electron chi connectivity index (χ0n) is 10.4. The number of hydrogen-bond acceptors (Lipinski definition) is 4. The number of carbonyl (C=O) groups excluding carboxylic acids is 1. The molecular weight excluding hydrogens is 322 g/mol. The number of para-hydroxylation sites is 1. The maximum atomic E-state index is 12.8. The number of anilines is 1. The summed E-state index contributed by atoms with van der Waals surface area (Å²) in [4.78, 5) is 11.1. The van der Waals surface area contributed by atoms with Gasteiger partial charge in [-0.05, 0) is 6.07 Å². The summed E-state index contributed by atoms with van der Waals surface area (Å²) in [5, 5.41) is 21.3. The van der Waals surface area contributed by atoms with Gasteiger partial charge >= 0.3 is 12.4 Å². The summed E-state index contributed by atoms with van der Waals surface area (Å²) in [6.45, 7) is 0. The number of benzene rings is 1. The third-order valence-corrected chi connectivity index (χ3v) is 2.57. The number of oxime groups is 1. The molecule has 3 N–H and O–H groups in total. The molecule has 0 aliphatic heterocycles. The van der Waals surface area contributed by atoms with Gasteiger partial charge in [-0.15, -0.1) is 0 Å². The Morgan fingerprint density at radius 1 is 1.09 bits per heavy atom. The van der Waals surface area contributed by atoms with Gasteiger partial charge in [-0.2, -0.15) is 26.3 Å². The van der Waals surface area contributed by atoms with Crippen LogP contribution in [0.25, 0.3) is 0 Å². The van der Waals surface area contributed by atoms with Gasteiger partial charge in [0.25, 0.3) is 11.5 Å². The molecule has 0 fully saturated rings. The van der Waals surface area contributed by atoms with Crippen LogP contribution < -0.4 is 5.32 Å². The highest BCUT2D eigenvalue weighted by molar-refractivity contribution is 6.31. The zero-order valence-corrected chi connectivity index (χ0v) is 10.4. The van der Waals surface area contributed by atoms with Crippen LogP contribution >= 0.6 is 0 Å². The van der Waals surface area contributed by atoms with E-state index in [9.17, 15) is 36.2 Å². The summed E-state index contributed by atoms with van der Waals surface area (Å²) in [5.41, 5.74) is -7.74. The Hall–Kier alpha value is -2.30. The minimum Gasteiger partial charge on any atom is -0.411 e. The average molecular weight is 330 g/mol. The number of carbonyl (C=O) groups is 1. The highest BCUT2D eigenvalue weighted by Crippen LogP contribution is 2.51.